The molecular weight excluding hydrogens is 713 g/mol. The van der Waals surface area contributed by atoms with Crippen LogP contribution in [-0.4, -0.2) is 5.71 Å². The predicted molar refractivity (Wildman–Crippen MR) is 251 cm³/mol. The normalized spacial score (nSPS) is 13.4. The second kappa shape index (κ2) is 14.9. The molecule has 0 amide bonds. The van der Waals surface area contributed by atoms with Crippen LogP contribution >= 0.6 is 0 Å². The first-order valence-corrected chi connectivity index (χ1v) is 20.4. The first-order valence-electron chi connectivity index (χ1n) is 20.4. The summed E-state index contributed by atoms with van der Waals surface area (Å²) < 4.78 is 0. The Bertz CT molecular complexity index is 3080. The van der Waals surface area contributed by atoms with Crippen LogP contribution in [0.1, 0.15) is 41.7 Å². The molecular formula is C57H44N2. The van der Waals surface area contributed by atoms with E-state index in [4.69, 9.17) is 10.7 Å². The van der Waals surface area contributed by atoms with Crippen molar-refractivity contribution < 1.29 is 0 Å². The van der Waals surface area contributed by atoms with Gasteiger partial charge in [-0.15, -0.1) is 0 Å². The Morgan fingerprint density at radius 1 is 0.492 bits per heavy atom. The van der Waals surface area contributed by atoms with Gasteiger partial charge in [0.15, 0.2) is 0 Å². The number of hydrogen-bond acceptors (Lipinski definition) is 2. The third kappa shape index (κ3) is 6.63. The molecule has 0 radical (unpaired) electrons. The molecule has 0 saturated heterocycles. The zero-order valence-electron chi connectivity index (χ0n) is 33.4. The molecule has 2 heteroatoms. The summed E-state index contributed by atoms with van der Waals surface area (Å²) in [6, 6.07) is 71.8. The quantitative estimate of drug-likeness (QED) is 0.154. The van der Waals surface area contributed by atoms with Crippen molar-refractivity contribution >= 4 is 33.0 Å². The Kier molecular flexibility index (Phi) is 9.11. The van der Waals surface area contributed by atoms with E-state index in [1.54, 1.807) is 0 Å². The molecule has 0 bridgehead atoms. The van der Waals surface area contributed by atoms with Crippen molar-refractivity contribution in [3.8, 4) is 44.5 Å². The third-order valence-corrected chi connectivity index (χ3v) is 12.1. The van der Waals surface area contributed by atoms with Crippen LogP contribution in [-0.2, 0) is 12.0 Å². The van der Waals surface area contributed by atoms with Gasteiger partial charge in [0.25, 0.3) is 0 Å². The molecule has 282 valence electrons. The van der Waals surface area contributed by atoms with E-state index < -0.39 is 0 Å². The molecule has 0 unspecified atom stereocenters. The highest BCUT2D eigenvalue weighted by atomic mass is 14.7. The minimum Gasteiger partial charge on any atom is -0.398 e. The van der Waals surface area contributed by atoms with Gasteiger partial charge in [-0.25, -0.2) is 0 Å². The van der Waals surface area contributed by atoms with Gasteiger partial charge in [0.05, 0.1) is 12.3 Å². The van der Waals surface area contributed by atoms with E-state index in [0.717, 1.165) is 38.7 Å². The lowest BCUT2D eigenvalue weighted by molar-refractivity contribution is 0.666. The number of nitrogens with two attached hydrogens (primary N) is 1. The minimum absolute atomic E-state index is 0.0658. The number of hydrogen-bond donors (Lipinski definition) is 1. The maximum absolute atomic E-state index is 7.08. The molecule has 10 rings (SSSR count). The van der Waals surface area contributed by atoms with Crippen LogP contribution in [0.4, 0.5) is 0 Å². The molecule has 0 atom stereocenters. The molecule has 1 aliphatic carbocycles. The van der Waals surface area contributed by atoms with Crippen LogP contribution < -0.4 is 5.73 Å². The molecule has 1 aliphatic rings. The molecule has 59 heavy (non-hydrogen) atoms. The largest absolute Gasteiger partial charge is 0.398 e. The summed E-state index contributed by atoms with van der Waals surface area (Å²) in [5.41, 5.74) is 24.3. The second-order valence-corrected chi connectivity index (χ2v) is 16.1. The summed E-state index contributed by atoms with van der Waals surface area (Å²) in [6.45, 7) is 5.28. The van der Waals surface area contributed by atoms with Crippen LogP contribution in [0.2, 0.25) is 0 Å². The molecule has 2 N–H and O–H groups in total. The summed E-state index contributed by atoms with van der Waals surface area (Å²) in [6.07, 6.45) is 2.04. The highest BCUT2D eigenvalue weighted by molar-refractivity contribution is 6.14. The number of allylic oxidation sites excluding steroid dienone is 1. The van der Waals surface area contributed by atoms with Gasteiger partial charge in [0.1, 0.15) is 0 Å². The van der Waals surface area contributed by atoms with Crippen molar-refractivity contribution in [2.75, 3.05) is 0 Å². The summed E-state index contributed by atoms with van der Waals surface area (Å²) >= 11 is 0. The monoisotopic (exact) mass is 756 g/mol. The fraction of sp³-hybridized carbons (Fsp3) is 0.0702. The Morgan fingerprint density at radius 2 is 1.10 bits per heavy atom. The van der Waals surface area contributed by atoms with Crippen molar-refractivity contribution in [3.05, 3.63) is 234 Å². The van der Waals surface area contributed by atoms with E-state index in [1.165, 1.54) is 60.8 Å². The van der Waals surface area contributed by atoms with Crippen LogP contribution in [0.3, 0.4) is 0 Å². The highest BCUT2D eigenvalue weighted by Crippen LogP contribution is 2.52. The highest BCUT2D eigenvalue weighted by Gasteiger charge is 2.36. The van der Waals surface area contributed by atoms with Crippen LogP contribution in [0, 0.1) is 0 Å². The zero-order chi connectivity index (χ0) is 39.9. The number of aliphatic imine (C=N–C) groups is 1. The number of fused-ring (bicyclic) bond motifs is 6. The first kappa shape index (κ1) is 36.1. The van der Waals surface area contributed by atoms with Gasteiger partial charge < -0.3 is 5.73 Å². The average Bonchev–Trinajstić information content (AvgIpc) is 3.53. The first-order chi connectivity index (χ1) is 28.9. The number of benzene rings is 9. The molecule has 9 aromatic rings. The van der Waals surface area contributed by atoms with Crippen LogP contribution in [0.5, 0.6) is 0 Å². The molecule has 0 aliphatic heterocycles. The third-order valence-electron chi connectivity index (χ3n) is 12.1. The second-order valence-electron chi connectivity index (χ2n) is 16.1. The van der Waals surface area contributed by atoms with Gasteiger partial charge >= 0.3 is 0 Å². The Labute approximate surface area is 346 Å². The van der Waals surface area contributed by atoms with Crippen LogP contribution in [0.15, 0.2) is 211 Å². The lowest BCUT2D eigenvalue weighted by atomic mass is 9.80. The zero-order valence-corrected chi connectivity index (χ0v) is 33.4. The van der Waals surface area contributed by atoms with Crippen molar-refractivity contribution in [2.24, 2.45) is 10.7 Å². The summed E-state index contributed by atoms with van der Waals surface area (Å²) in [5.74, 6) is 0. The van der Waals surface area contributed by atoms with Gasteiger partial charge in [-0.05, 0) is 101 Å². The van der Waals surface area contributed by atoms with E-state index in [9.17, 15) is 0 Å². The number of rotatable bonds is 8. The van der Waals surface area contributed by atoms with E-state index in [1.807, 2.05) is 18.2 Å². The van der Waals surface area contributed by atoms with Gasteiger partial charge in [0.2, 0.25) is 0 Å². The Morgan fingerprint density at radius 3 is 1.90 bits per heavy atom. The predicted octanol–water partition coefficient (Wildman–Crippen LogP) is 14.3. The lowest BCUT2D eigenvalue weighted by Crippen LogP contribution is -2.15. The minimum atomic E-state index is -0.0658. The van der Waals surface area contributed by atoms with Crippen molar-refractivity contribution in [2.45, 2.75) is 25.8 Å². The van der Waals surface area contributed by atoms with Crippen molar-refractivity contribution in [3.63, 3.8) is 0 Å². The summed E-state index contributed by atoms with van der Waals surface area (Å²) in [5, 5.41) is 4.91. The van der Waals surface area contributed by atoms with Crippen LogP contribution in [0.25, 0.3) is 71.7 Å². The molecule has 9 aromatic carbocycles. The van der Waals surface area contributed by atoms with E-state index in [-0.39, 0.29) is 5.41 Å². The molecule has 0 spiro atoms. The van der Waals surface area contributed by atoms with E-state index >= 15 is 0 Å². The topological polar surface area (TPSA) is 38.4 Å². The molecule has 2 nitrogen and oxygen atoms in total. The van der Waals surface area contributed by atoms with Gasteiger partial charge in [0, 0.05) is 22.2 Å². The fourth-order valence-electron chi connectivity index (χ4n) is 9.13. The summed E-state index contributed by atoms with van der Waals surface area (Å²) in [7, 11) is 0. The number of nitrogens with zero attached hydrogens (tertiary/aromatic N) is 1. The SMILES string of the molecule is CC1(C)c2ccc(-c3ccc(-c4ccc(/C(N)=C/C(=NCc5ccccc5)c5cccc(-c6ccccc6)c5)c5ccccc45)cc3)cc2-c2ccc3ccccc3c21. The van der Waals surface area contributed by atoms with Gasteiger partial charge in [-0.2, -0.15) is 0 Å². The Hall–Kier alpha value is -7.29. The molecule has 0 fully saturated rings. The van der Waals surface area contributed by atoms with Gasteiger partial charge in [-0.1, -0.05) is 202 Å². The van der Waals surface area contributed by atoms with E-state index in [2.05, 4.69) is 202 Å². The molecule has 0 saturated carbocycles. The van der Waals surface area contributed by atoms with Crippen molar-refractivity contribution in [1.29, 1.82) is 0 Å². The smallest absolute Gasteiger partial charge is 0.0671 e. The summed E-state index contributed by atoms with van der Waals surface area (Å²) in [4.78, 5) is 5.15. The maximum atomic E-state index is 7.08. The Balaban J connectivity index is 0.990. The van der Waals surface area contributed by atoms with E-state index in [0.29, 0.717) is 12.2 Å². The maximum Gasteiger partial charge on any atom is 0.0671 e. The van der Waals surface area contributed by atoms with Gasteiger partial charge in [-0.3, -0.25) is 4.99 Å². The standard InChI is InChI=1S/C57H44N2/c1-57(2)53-33-29-44(35-52(53)51-30-28-41-18-9-10-21-47(41)56(51)57)40-24-26-42(27-25-40)46-31-32-50(49-23-12-11-22-48(46)49)54(58)36-55(59-37-38-14-5-3-6-15-38)45-20-13-19-43(34-45)39-16-7-4-8-17-39/h3-36H,37,58H2,1-2H3/b54-36-,59-55?. The molecule has 0 heterocycles. The lowest BCUT2D eigenvalue weighted by Gasteiger charge is -2.23. The molecule has 0 aromatic heterocycles. The average molecular weight is 757 g/mol. The fourth-order valence-corrected chi connectivity index (χ4v) is 9.13. The van der Waals surface area contributed by atoms with Crippen molar-refractivity contribution in [1.82, 2.24) is 0 Å².